The van der Waals surface area contributed by atoms with Gasteiger partial charge < -0.3 is 4.90 Å². The van der Waals surface area contributed by atoms with Crippen LogP contribution in [0.3, 0.4) is 0 Å². The molecule has 3 aliphatic rings. The molecule has 2 saturated heterocycles. The molecule has 4 heteroatoms. The number of fused-ring (bicyclic) bond motifs is 1. The molecular weight excluding hydrogens is 286 g/mol. The van der Waals surface area contributed by atoms with Crippen molar-refractivity contribution in [2.45, 2.75) is 31.7 Å². The largest absolute Gasteiger partial charge is 0.340 e. The number of aromatic nitrogens is 1. The SMILES string of the molecule is O=C([C@H](c1cccnc1)N1CCCC1)N1C[C@H]2CC=CC[C@H]2C1. The maximum Gasteiger partial charge on any atom is 0.244 e. The fraction of sp³-hybridized carbons (Fsp3) is 0.579. The summed E-state index contributed by atoms with van der Waals surface area (Å²) in [4.78, 5) is 22.0. The van der Waals surface area contributed by atoms with E-state index in [9.17, 15) is 4.79 Å². The zero-order chi connectivity index (χ0) is 15.6. The first kappa shape index (κ1) is 14.9. The van der Waals surface area contributed by atoms with Gasteiger partial charge in [-0.3, -0.25) is 14.7 Å². The van der Waals surface area contributed by atoms with Crippen LogP contribution in [0.1, 0.15) is 37.3 Å². The zero-order valence-electron chi connectivity index (χ0n) is 13.6. The van der Waals surface area contributed by atoms with E-state index in [0.29, 0.717) is 11.8 Å². The van der Waals surface area contributed by atoms with Crippen molar-refractivity contribution in [1.82, 2.24) is 14.8 Å². The maximum atomic E-state index is 13.3. The number of carbonyl (C=O) groups excluding carboxylic acids is 1. The first-order valence-electron chi connectivity index (χ1n) is 8.90. The van der Waals surface area contributed by atoms with E-state index < -0.39 is 0 Å². The molecular formula is C19H25N3O. The van der Waals surface area contributed by atoms with Crippen molar-refractivity contribution in [2.24, 2.45) is 11.8 Å². The average molecular weight is 311 g/mol. The molecule has 1 amide bonds. The van der Waals surface area contributed by atoms with Gasteiger partial charge in [0.05, 0.1) is 0 Å². The second-order valence-electron chi connectivity index (χ2n) is 7.14. The van der Waals surface area contributed by atoms with Crippen molar-refractivity contribution in [3.05, 3.63) is 42.2 Å². The third kappa shape index (κ3) is 2.92. The van der Waals surface area contributed by atoms with Crippen LogP contribution in [-0.2, 0) is 4.79 Å². The van der Waals surface area contributed by atoms with Crippen LogP contribution in [0.2, 0.25) is 0 Å². The molecule has 0 radical (unpaired) electrons. The van der Waals surface area contributed by atoms with E-state index in [4.69, 9.17) is 0 Å². The van der Waals surface area contributed by atoms with E-state index in [0.717, 1.165) is 44.6 Å². The molecule has 2 aliphatic heterocycles. The Morgan fingerprint density at radius 2 is 1.83 bits per heavy atom. The molecule has 122 valence electrons. The van der Waals surface area contributed by atoms with Crippen LogP contribution in [0.25, 0.3) is 0 Å². The number of carbonyl (C=O) groups is 1. The van der Waals surface area contributed by atoms with E-state index in [1.807, 2.05) is 12.3 Å². The number of hydrogen-bond donors (Lipinski definition) is 0. The van der Waals surface area contributed by atoms with Crippen molar-refractivity contribution in [2.75, 3.05) is 26.2 Å². The lowest BCUT2D eigenvalue weighted by Crippen LogP contribution is -2.41. The van der Waals surface area contributed by atoms with Gasteiger partial charge in [0.25, 0.3) is 0 Å². The van der Waals surface area contributed by atoms with Gasteiger partial charge in [-0.2, -0.15) is 0 Å². The molecule has 4 nitrogen and oxygen atoms in total. The third-order valence-corrected chi connectivity index (χ3v) is 5.67. The van der Waals surface area contributed by atoms with Crippen LogP contribution in [0.4, 0.5) is 0 Å². The van der Waals surface area contributed by atoms with Gasteiger partial charge in [0, 0.05) is 25.5 Å². The summed E-state index contributed by atoms with van der Waals surface area (Å²) in [6.45, 7) is 3.90. The minimum atomic E-state index is -0.140. The molecule has 1 aliphatic carbocycles. The van der Waals surface area contributed by atoms with E-state index in [2.05, 4.69) is 33.0 Å². The van der Waals surface area contributed by atoms with Gasteiger partial charge in [-0.1, -0.05) is 18.2 Å². The van der Waals surface area contributed by atoms with Gasteiger partial charge in [-0.05, 0) is 62.2 Å². The van der Waals surface area contributed by atoms with Crippen LogP contribution < -0.4 is 0 Å². The summed E-state index contributed by atoms with van der Waals surface area (Å²) in [5.74, 6) is 1.61. The summed E-state index contributed by atoms with van der Waals surface area (Å²) >= 11 is 0. The Morgan fingerprint density at radius 3 is 2.43 bits per heavy atom. The highest BCUT2D eigenvalue weighted by molar-refractivity contribution is 5.83. The Bertz CT molecular complexity index is 564. The van der Waals surface area contributed by atoms with Crippen molar-refractivity contribution in [3.63, 3.8) is 0 Å². The zero-order valence-corrected chi connectivity index (χ0v) is 13.6. The van der Waals surface area contributed by atoms with Gasteiger partial charge in [0.15, 0.2) is 0 Å². The van der Waals surface area contributed by atoms with Gasteiger partial charge >= 0.3 is 0 Å². The van der Waals surface area contributed by atoms with Crippen molar-refractivity contribution < 1.29 is 4.79 Å². The quantitative estimate of drug-likeness (QED) is 0.805. The molecule has 4 rings (SSSR count). The van der Waals surface area contributed by atoms with Gasteiger partial charge in [0.2, 0.25) is 5.91 Å². The van der Waals surface area contributed by atoms with E-state index in [1.54, 1.807) is 6.20 Å². The fourth-order valence-electron chi connectivity index (χ4n) is 4.41. The predicted molar refractivity (Wildman–Crippen MR) is 89.7 cm³/mol. The molecule has 23 heavy (non-hydrogen) atoms. The minimum Gasteiger partial charge on any atom is -0.340 e. The normalized spacial score (nSPS) is 28.8. The number of rotatable bonds is 3. The highest BCUT2D eigenvalue weighted by Gasteiger charge is 2.40. The molecule has 1 aromatic heterocycles. The van der Waals surface area contributed by atoms with E-state index in [1.165, 1.54) is 12.8 Å². The number of likely N-dealkylation sites (tertiary alicyclic amines) is 2. The summed E-state index contributed by atoms with van der Waals surface area (Å²) < 4.78 is 0. The first-order valence-corrected chi connectivity index (χ1v) is 8.90. The van der Waals surface area contributed by atoms with Crippen molar-refractivity contribution >= 4 is 5.91 Å². The fourth-order valence-corrected chi connectivity index (χ4v) is 4.41. The van der Waals surface area contributed by atoms with Crippen LogP contribution in [-0.4, -0.2) is 46.9 Å². The Labute approximate surface area is 138 Å². The van der Waals surface area contributed by atoms with E-state index in [-0.39, 0.29) is 11.9 Å². The third-order valence-electron chi connectivity index (χ3n) is 5.67. The molecule has 3 atom stereocenters. The van der Waals surface area contributed by atoms with Gasteiger partial charge in [-0.15, -0.1) is 0 Å². The lowest BCUT2D eigenvalue weighted by molar-refractivity contribution is -0.136. The topological polar surface area (TPSA) is 36.4 Å². The number of amides is 1. The lowest BCUT2D eigenvalue weighted by atomic mass is 9.86. The van der Waals surface area contributed by atoms with Crippen LogP contribution >= 0.6 is 0 Å². The Kier molecular flexibility index (Phi) is 4.17. The molecule has 0 aromatic carbocycles. The number of allylic oxidation sites excluding steroid dienone is 2. The molecule has 1 aromatic rings. The molecule has 0 N–H and O–H groups in total. The monoisotopic (exact) mass is 311 g/mol. The average Bonchev–Trinajstić information content (AvgIpc) is 3.25. The Morgan fingerprint density at radius 1 is 1.13 bits per heavy atom. The summed E-state index contributed by atoms with van der Waals surface area (Å²) in [5, 5.41) is 0. The van der Waals surface area contributed by atoms with E-state index >= 15 is 0 Å². The van der Waals surface area contributed by atoms with Crippen LogP contribution in [0.5, 0.6) is 0 Å². The molecule has 0 bridgehead atoms. The van der Waals surface area contributed by atoms with Gasteiger partial charge in [0.1, 0.15) is 6.04 Å². The number of nitrogens with zero attached hydrogens (tertiary/aromatic N) is 3. The second-order valence-corrected chi connectivity index (χ2v) is 7.14. The highest BCUT2D eigenvalue weighted by Crippen LogP contribution is 2.35. The number of hydrogen-bond acceptors (Lipinski definition) is 3. The van der Waals surface area contributed by atoms with Crippen molar-refractivity contribution in [3.8, 4) is 0 Å². The molecule has 0 unspecified atom stereocenters. The summed E-state index contributed by atoms with van der Waals surface area (Å²) in [6, 6.07) is 3.86. The first-order chi connectivity index (χ1) is 11.3. The standard InChI is InChI=1S/C19H25N3O/c23-19(22-13-16-6-1-2-7-17(16)14-22)18(21-10-3-4-11-21)15-8-5-9-20-12-15/h1-2,5,8-9,12,16-18H,3-4,6-7,10-11,13-14H2/t16-,17+,18-/m0/s1. The molecule has 2 fully saturated rings. The molecule has 0 saturated carbocycles. The summed E-state index contributed by atoms with van der Waals surface area (Å²) in [6.07, 6.45) is 12.9. The lowest BCUT2D eigenvalue weighted by Gasteiger charge is -2.30. The smallest absolute Gasteiger partial charge is 0.244 e. The molecule has 3 heterocycles. The minimum absolute atomic E-state index is 0.140. The van der Waals surface area contributed by atoms with Crippen LogP contribution in [0, 0.1) is 11.8 Å². The Hall–Kier alpha value is -1.68. The number of pyridine rings is 1. The summed E-state index contributed by atoms with van der Waals surface area (Å²) in [5.41, 5.74) is 1.05. The van der Waals surface area contributed by atoms with Crippen molar-refractivity contribution in [1.29, 1.82) is 0 Å². The molecule has 0 spiro atoms. The maximum absolute atomic E-state index is 13.3. The van der Waals surface area contributed by atoms with Crippen LogP contribution in [0.15, 0.2) is 36.7 Å². The second kappa shape index (κ2) is 6.44. The highest BCUT2D eigenvalue weighted by atomic mass is 16.2. The Balaban J connectivity index is 1.55. The van der Waals surface area contributed by atoms with Gasteiger partial charge in [-0.25, -0.2) is 0 Å². The summed E-state index contributed by atoms with van der Waals surface area (Å²) in [7, 11) is 0. The predicted octanol–water partition coefficient (Wildman–Crippen LogP) is 2.64.